The Balaban J connectivity index is 2.56. The predicted molar refractivity (Wildman–Crippen MR) is 59.4 cm³/mol. The molecule has 0 atom stereocenters. The van der Waals surface area contributed by atoms with Crippen molar-refractivity contribution in [2.45, 2.75) is 25.3 Å². The van der Waals surface area contributed by atoms with Gasteiger partial charge in [0.15, 0.2) is 11.5 Å². The number of ether oxygens (including phenoxy) is 2. The van der Waals surface area contributed by atoms with Crippen LogP contribution in [-0.2, 0) is 5.54 Å². The number of nitrogens with two attached hydrogens (primary N) is 1. The molecule has 2 rings (SSSR count). The monoisotopic (exact) mass is 207 g/mol. The van der Waals surface area contributed by atoms with Crippen LogP contribution in [0.3, 0.4) is 0 Å². The molecule has 3 nitrogen and oxygen atoms in total. The highest BCUT2D eigenvalue weighted by Crippen LogP contribution is 2.49. The van der Waals surface area contributed by atoms with Crippen LogP contribution in [0, 0.1) is 6.92 Å². The van der Waals surface area contributed by atoms with Crippen molar-refractivity contribution in [1.29, 1.82) is 0 Å². The third-order valence-corrected chi connectivity index (χ3v) is 2.95. The minimum absolute atomic E-state index is 0.190. The topological polar surface area (TPSA) is 44.5 Å². The van der Waals surface area contributed by atoms with Crippen LogP contribution in [0.2, 0.25) is 0 Å². The van der Waals surface area contributed by atoms with E-state index in [1.54, 1.807) is 14.2 Å². The van der Waals surface area contributed by atoms with Crippen molar-refractivity contribution in [2.24, 2.45) is 5.73 Å². The largest absolute Gasteiger partial charge is 0.493 e. The number of aryl methyl sites for hydroxylation is 1. The number of rotatable bonds is 3. The molecule has 3 heteroatoms. The normalized spacial score (nSPS) is 17.3. The minimum atomic E-state index is -0.190. The van der Waals surface area contributed by atoms with Gasteiger partial charge in [-0.15, -0.1) is 0 Å². The van der Waals surface area contributed by atoms with Crippen molar-refractivity contribution in [3.8, 4) is 11.5 Å². The van der Waals surface area contributed by atoms with Crippen LogP contribution >= 0.6 is 0 Å². The quantitative estimate of drug-likeness (QED) is 0.824. The predicted octanol–water partition coefficient (Wildman–Crippen LogP) is 1.96. The summed E-state index contributed by atoms with van der Waals surface area (Å²) in [6.07, 6.45) is 2.05. The summed E-state index contributed by atoms with van der Waals surface area (Å²) >= 11 is 0. The van der Waals surface area contributed by atoms with E-state index in [-0.39, 0.29) is 5.54 Å². The molecule has 1 aromatic rings. The molecule has 0 heterocycles. The van der Waals surface area contributed by atoms with Gasteiger partial charge in [0, 0.05) is 11.1 Å². The fraction of sp³-hybridized carbons (Fsp3) is 0.500. The Kier molecular flexibility index (Phi) is 2.35. The molecule has 0 spiro atoms. The van der Waals surface area contributed by atoms with Crippen LogP contribution < -0.4 is 15.2 Å². The van der Waals surface area contributed by atoms with Crippen molar-refractivity contribution in [1.82, 2.24) is 0 Å². The molecule has 1 aromatic carbocycles. The van der Waals surface area contributed by atoms with Gasteiger partial charge in [0.05, 0.1) is 14.2 Å². The van der Waals surface area contributed by atoms with Crippen LogP contribution in [0.15, 0.2) is 12.1 Å². The average molecular weight is 207 g/mol. The molecular formula is C12H17NO2. The van der Waals surface area contributed by atoms with Crippen LogP contribution in [0.5, 0.6) is 11.5 Å². The molecule has 0 radical (unpaired) electrons. The van der Waals surface area contributed by atoms with Crippen molar-refractivity contribution in [2.75, 3.05) is 14.2 Å². The summed E-state index contributed by atoms with van der Waals surface area (Å²) in [5.74, 6) is 1.55. The molecular weight excluding hydrogens is 190 g/mol. The zero-order valence-corrected chi connectivity index (χ0v) is 9.46. The van der Waals surface area contributed by atoms with Gasteiger partial charge in [-0.05, 0) is 31.4 Å². The number of methoxy groups -OCH3 is 2. The van der Waals surface area contributed by atoms with E-state index in [2.05, 4.69) is 6.07 Å². The maximum absolute atomic E-state index is 6.20. The summed E-state index contributed by atoms with van der Waals surface area (Å²) in [5, 5.41) is 0. The van der Waals surface area contributed by atoms with E-state index in [0.717, 1.165) is 35.5 Å². The highest BCUT2D eigenvalue weighted by molar-refractivity contribution is 5.53. The Hall–Kier alpha value is -1.22. The molecule has 0 bridgehead atoms. The Morgan fingerprint density at radius 3 is 2.33 bits per heavy atom. The Morgan fingerprint density at radius 1 is 1.20 bits per heavy atom. The summed E-state index contributed by atoms with van der Waals surface area (Å²) in [5.41, 5.74) is 8.23. The molecule has 82 valence electrons. The Bertz CT molecular complexity index is 383. The zero-order valence-electron chi connectivity index (χ0n) is 9.46. The third-order valence-electron chi connectivity index (χ3n) is 2.95. The van der Waals surface area contributed by atoms with Crippen LogP contribution in [0.1, 0.15) is 24.0 Å². The van der Waals surface area contributed by atoms with E-state index in [1.807, 2.05) is 13.0 Å². The van der Waals surface area contributed by atoms with Crippen molar-refractivity contribution < 1.29 is 9.47 Å². The number of benzene rings is 1. The second-order valence-electron chi connectivity index (χ2n) is 4.20. The van der Waals surface area contributed by atoms with Crippen molar-refractivity contribution in [3.63, 3.8) is 0 Å². The summed E-state index contributed by atoms with van der Waals surface area (Å²) in [4.78, 5) is 0. The molecule has 0 unspecified atom stereocenters. The van der Waals surface area contributed by atoms with Gasteiger partial charge in [-0.2, -0.15) is 0 Å². The van der Waals surface area contributed by atoms with Crippen molar-refractivity contribution in [3.05, 3.63) is 23.3 Å². The Labute approximate surface area is 90.2 Å². The van der Waals surface area contributed by atoms with E-state index < -0.39 is 0 Å². The maximum atomic E-state index is 6.20. The average Bonchev–Trinajstić information content (AvgIpc) is 2.96. The Morgan fingerprint density at radius 2 is 1.87 bits per heavy atom. The number of hydrogen-bond donors (Lipinski definition) is 1. The van der Waals surface area contributed by atoms with Gasteiger partial charge in [-0.25, -0.2) is 0 Å². The van der Waals surface area contributed by atoms with Gasteiger partial charge in [-0.1, -0.05) is 6.07 Å². The first-order valence-electron chi connectivity index (χ1n) is 5.13. The van der Waals surface area contributed by atoms with E-state index in [9.17, 15) is 0 Å². The third kappa shape index (κ3) is 1.67. The second kappa shape index (κ2) is 3.42. The second-order valence-corrected chi connectivity index (χ2v) is 4.20. The zero-order chi connectivity index (χ0) is 11.1. The molecule has 1 saturated carbocycles. The van der Waals surface area contributed by atoms with Crippen molar-refractivity contribution >= 4 is 0 Å². The lowest BCUT2D eigenvalue weighted by atomic mass is 10.0. The highest BCUT2D eigenvalue weighted by Gasteiger charge is 2.43. The van der Waals surface area contributed by atoms with Crippen LogP contribution in [0.25, 0.3) is 0 Å². The molecule has 1 aliphatic rings. The van der Waals surface area contributed by atoms with E-state index in [0.29, 0.717) is 0 Å². The standard InChI is InChI=1S/C12H17NO2/c1-8-6-9(12(13)4-5-12)11(15-3)10(7-8)14-2/h6-7H,4-5,13H2,1-3H3. The lowest BCUT2D eigenvalue weighted by molar-refractivity contribution is 0.348. The molecule has 0 saturated heterocycles. The van der Waals surface area contributed by atoms with E-state index >= 15 is 0 Å². The van der Waals surface area contributed by atoms with Gasteiger partial charge in [-0.3, -0.25) is 0 Å². The maximum Gasteiger partial charge on any atom is 0.165 e. The molecule has 1 aliphatic carbocycles. The first-order chi connectivity index (χ1) is 7.10. The molecule has 0 aliphatic heterocycles. The first kappa shape index (κ1) is 10.3. The summed E-state index contributed by atoms with van der Waals surface area (Å²) in [6.45, 7) is 2.04. The van der Waals surface area contributed by atoms with Gasteiger partial charge in [0.2, 0.25) is 0 Å². The van der Waals surface area contributed by atoms with Gasteiger partial charge < -0.3 is 15.2 Å². The molecule has 0 amide bonds. The molecule has 1 fully saturated rings. The molecule has 2 N–H and O–H groups in total. The van der Waals surface area contributed by atoms with Gasteiger partial charge >= 0.3 is 0 Å². The highest BCUT2D eigenvalue weighted by atomic mass is 16.5. The summed E-state index contributed by atoms with van der Waals surface area (Å²) in [7, 11) is 3.31. The molecule has 0 aromatic heterocycles. The van der Waals surface area contributed by atoms with Gasteiger partial charge in [0.25, 0.3) is 0 Å². The first-order valence-corrected chi connectivity index (χ1v) is 5.13. The number of hydrogen-bond acceptors (Lipinski definition) is 3. The van der Waals surface area contributed by atoms with Crippen LogP contribution in [0.4, 0.5) is 0 Å². The SMILES string of the molecule is COc1cc(C)cc(C2(N)CC2)c1OC. The van der Waals surface area contributed by atoms with Crippen LogP contribution in [-0.4, -0.2) is 14.2 Å². The summed E-state index contributed by atoms with van der Waals surface area (Å²) in [6, 6.07) is 4.06. The fourth-order valence-corrected chi connectivity index (χ4v) is 1.88. The smallest absolute Gasteiger partial charge is 0.165 e. The lowest BCUT2D eigenvalue weighted by Crippen LogP contribution is -2.20. The fourth-order valence-electron chi connectivity index (χ4n) is 1.88. The van der Waals surface area contributed by atoms with E-state index in [4.69, 9.17) is 15.2 Å². The summed E-state index contributed by atoms with van der Waals surface area (Å²) < 4.78 is 10.7. The van der Waals surface area contributed by atoms with E-state index in [1.165, 1.54) is 0 Å². The van der Waals surface area contributed by atoms with Gasteiger partial charge in [0.1, 0.15) is 0 Å². The minimum Gasteiger partial charge on any atom is -0.493 e. The lowest BCUT2D eigenvalue weighted by Gasteiger charge is -2.18. The molecule has 15 heavy (non-hydrogen) atoms.